The highest BCUT2D eigenvalue weighted by Gasteiger charge is 2.18. The molecule has 0 aliphatic rings. The zero-order valence-electron chi connectivity index (χ0n) is 12.0. The molecule has 0 spiro atoms. The van der Waals surface area contributed by atoms with Crippen LogP contribution in [0.15, 0.2) is 53.7 Å². The molecule has 4 N–H and O–H groups in total. The van der Waals surface area contributed by atoms with Gasteiger partial charge in [-0.1, -0.05) is 35.5 Å². The number of nitro benzene ring substituents is 1. The Morgan fingerprint density at radius 1 is 1.26 bits per heavy atom. The van der Waals surface area contributed by atoms with E-state index in [0.717, 1.165) is 0 Å². The van der Waals surface area contributed by atoms with E-state index in [4.69, 9.17) is 5.73 Å². The van der Waals surface area contributed by atoms with Crippen LogP contribution >= 0.6 is 0 Å². The van der Waals surface area contributed by atoms with Gasteiger partial charge >= 0.3 is 0 Å². The molecule has 2 aromatic rings. The van der Waals surface area contributed by atoms with Crippen molar-refractivity contribution in [2.75, 3.05) is 11.9 Å². The van der Waals surface area contributed by atoms with E-state index in [9.17, 15) is 20.1 Å². The number of nitrogens with one attached hydrogen (secondary N) is 1. The Morgan fingerprint density at radius 2 is 1.96 bits per heavy atom. The van der Waals surface area contributed by atoms with Crippen molar-refractivity contribution in [3.8, 4) is 0 Å². The molecule has 0 radical (unpaired) electrons. The smallest absolute Gasteiger partial charge is 0.270 e. The molecule has 2 rings (SSSR count). The van der Waals surface area contributed by atoms with Crippen molar-refractivity contribution < 1.29 is 14.9 Å². The largest absolute Gasteiger partial charge is 0.410 e. The lowest BCUT2D eigenvalue weighted by atomic mass is 10.00. The van der Waals surface area contributed by atoms with Crippen molar-refractivity contribution in [3.63, 3.8) is 0 Å². The Labute approximate surface area is 131 Å². The van der Waals surface area contributed by atoms with Gasteiger partial charge in [-0.3, -0.25) is 14.9 Å². The summed E-state index contributed by atoms with van der Waals surface area (Å²) >= 11 is 0. The van der Waals surface area contributed by atoms with E-state index in [-0.39, 0.29) is 29.2 Å². The number of carbonyl (C=O) groups is 1. The number of nitrogens with two attached hydrogens (primary N) is 1. The third kappa shape index (κ3) is 3.69. The van der Waals surface area contributed by atoms with Crippen molar-refractivity contribution in [2.45, 2.75) is 0 Å². The van der Waals surface area contributed by atoms with Crippen molar-refractivity contribution in [1.29, 1.82) is 0 Å². The van der Waals surface area contributed by atoms with Crippen LogP contribution in [0.25, 0.3) is 0 Å². The molecule has 8 heteroatoms. The molecule has 0 heterocycles. The summed E-state index contributed by atoms with van der Waals surface area (Å²) in [6.45, 7) is -0.243. The number of amides is 1. The quantitative estimate of drug-likeness (QED) is 0.335. The molecule has 0 atom stereocenters. The minimum atomic E-state index is -0.571. The number of nitrogens with zero attached hydrogens (tertiary/aromatic N) is 2. The minimum absolute atomic E-state index is 0.0987. The van der Waals surface area contributed by atoms with Crippen LogP contribution < -0.4 is 11.1 Å². The number of hydrogen-bond donors (Lipinski definition) is 3. The first-order valence-electron chi connectivity index (χ1n) is 6.63. The molecule has 23 heavy (non-hydrogen) atoms. The third-order valence-electron chi connectivity index (χ3n) is 3.08. The third-order valence-corrected chi connectivity index (χ3v) is 3.08. The highest BCUT2D eigenvalue weighted by Crippen LogP contribution is 2.25. The average Bonchev–Trinajstić information content (AvgIpc) is 2.57. The molecule has 0 fully saturated rings. The van der Waals surface area contributed by atoms with E-state index < -0.39 is 10.8 Å². The number of anilines is 1. The van der Waals surface area contributed by atoms with E-state index in [1.165, 1.54) is 18.2 Å². The van der Waals surface area contributed by atoms with Gasteiger partial charge in [0.05, 0.1) is 17.2 Å². The van der Waals surface area contributed by atoms with Crippen LogP contribution in [0, 0.1) is 10.1 Å². The Hall–Kier alpha value is -3.26. The first-order valence-corrected chi connectivity index (χ1v) is 6.63. The topological polar surface area (TPSA) is 131 Å². The average molecular weight is 314 g/mol. The van der Waals surface area contributed by atoms with E-state index in [0.29, 0.717) is 5.56 Å². The summed E-state index contributed by atoms with van der Waals surface area (Å²) in [6.07, 6.45) is 0. The summed E-state index contributed by atoms with van der Waals surface area (Å²) in [5, 5.41) is 26.1. The molecular formula is C15H14N4O4. The Balaban J connectivity index is 2.58. The van der Waals surface area contributed by atoms with E-state index in [2.05, 4.69) is 10.5 Å². The van der Waals surface area contributed by atoms with Crippen LogP contribution in [0.3, 0.4) is 0 Å². The standard InChI is InChI=1S/C15H14N4O4/c16-9-14(20)17-13-7-6-11(19(22)23)8-12(13)15(18-21)10-4-2-1-3-5-10/h1-8,21H,9,16H2,(H,17,20)/b18-15+. The summed E-state index contributed by atoms with van der Waals surface area (Å²) in [4.78, 5) is 21.9. The molecule has 118 valence electrons. The fraction of sp³-hybridized carbons (Fsp3) is 0.0667. The zero-order chi connectivity index (χ0) is 16.8. The highest BCUT2D eigenvalue weighted by molar-refractivity contribution is 6.17. The Morgan fingerprint density at radius 3 is 2.52 bits per heavy atom. The lowest BCUT2D eigenvalue weighted by molar-refractivity contribution is -0.384. The monoisotopic (exact) mass is 314 g/mol. The summed E-state index contributed by atoms with van der Waals surface area (Å²) in [5.41, 5.74) is 6.20. The van der Waals surface area contributed by atoms with Gasteiger partial charge in [0.2, 0.25) is 5.91 Å². The van der Waals surface area contributed by atoms with Gasteiger partial charge in [-0.2, -0.15) is 0 Å². The predicted molar refractivity (Wildman–Crippen MR) is 84.6 cm³/mol. The minimum Gasteiger partial charge on any atom is -0.410 e. The molecule has 0 bridgehead atoms. The number of oxime groups is 1. The number of nitro groups is 1. The molecule has 0 unspecified atom stereocenters. The van der Waals surface area contributed by atoms with Gasteiger partial charge in [0.15, 0.2) is 0 Å². The van der Waals surface area contributed by atoms with E-state index in [1.54, 1.807) is 30.3 Å². The molecule has 0 saturated heterocycles. The number of benzene rings is 2. The molecule has 1 amide bonds. The molecule has 0 saturated carbocycles. The first kappa shape index (κ1) is 16.1. The second-order valence-corrected chi connectivity index (χ2v) is 4.55. The normalized spacial score (nSPS) is 11.1. The van der Waals surface area contributed by atoms with Gasteiger partial charge in [-0.05, 0) is 6.07 Å². The number of hydrogen-bond acceptors (Lipinski definition) is 6. The second-order valence-electron chi connectivity index (χ2n) is 4.55. The van der Waals surface area contributed by atoms with Crippen molar-refractivity contribution >= 4 is 23.0 Å². The van der Waals surface area contributed by atoms with E-state index >= 15 is 0 Å². The highest BCUT2D eigenvalue weighted by atomic mass is 16.6. The maximum Gasteiger partial charge on any atom is 0.270 e. The Kier molecular flexibility index (Phi) is 5.00. The lowest BCUT2D eigenvalue weighted by Crippen LogP contribution is -2.23. The maximum absolute atomic E-state index is 11.5. The lowest BCUT2D eigenvalue weighted by Gasteiger charge is -2.12. The summed E-state index contributed by atoms with van der Waals surface area (Å²) in [7, 11) is 0. The van der Waals surface area contributed by atoms with Crippen LogP contribution in [-0.4, -0.2) is 28.3 Å². The van der Waals surface area contributed by atoms with Gasteiger partial charge < -0.3 is 16.3 Å². The predicted octanol–water partition coefficient (Wildman–Crippen LogP) is 1.72. The Bertz CT molecular complexity index is 759. The molecule has 0 aliphatic carbocycles. The SMILES string of the molecule is NCC(=O)Nc1ccc([N+](=O)[O-])cc1/C(=N/O)c1ccccc1. The van der Waals surface area contributed by atoms with Crippen LogP contribution in [0.2, 0.25) is 0 Å². The van der Waals surface area contributed by atoms with Gasteiger partial charge in [0.1, 0.15) is 5.71 Å². The molecule has 2 aromatic carbocycles. The van der Waals surface area contributed by atoms with Gasteiger partial charge in [-0.25, -0.2) is 0 Å². The second kappa shape index (κ2) is 7.14. The van der Waals surface area contributed by atoms with Crippen LogP contribution in [0.4, 0.5) is 11.4 Å². The summed E-state index contributed by atoms with van der Waals surface area (Å²) < 4.78 is 0. The van der Waals surface area contributed by atoms with Gasteiger partial charge in [0, 0.05) is 23.3 Å². The van der Waals surface area contributed by atoms with E-state index in [1.807, 2.05) is 0 Å². The molecule has 0 aliphatic heterocycles. The van der Waals surface area contributed by atoms with Crippen LogP contribution in [0.5, 0.6) is 0 Å². The van der Waals surface area contributed by atoms with Gasteiger partial charge in [-0.15, -0.1) is 0 Å². The van der Waals surface area contributed by atoms with Crippen molar-refractivity contribution in [1.82, 2.24) is 0 Å². The van der Waals surface area contributed by atoms with Gasteiger partial charge in [0.25, 0.3) is 5.69 Å². The van der Waals surface area contributed by atoms with Crippen LogP contribution in [-0.2, 0) is 4.79 Å². The molecule has 8 nitrogen and oxygen atoms in total. The molecular weight excluding hydrogens is 300 g/mol. The van der Waals surface area contributed by atoms with Crippen LogP contribution in [0.1, 0.15) is 11.1 Å². The number of rotatable bonds is 5. The fourth-order valence-electron chi connectivity index (χ4n) is 2.02. The summed E-state index contributed by atoms with van der Waals surface area (Å²) in [6, 6.07) is 12.5. The fourth-order valence-corrected chi connectivity index (χ4v) is 2.02. The molecule has 0 aromatic heterocycles. The maximum atomic E-state index is 11.5. The van der Waals surface area contributed by atoms with Crippen molar-refractivity contribution in [2.24, 2.45) is 10.9 Å². The number of carbonyl (C=O) groups excluding carboxylic acids is 1. The number of non-ortho nitro benzene ring substituents is 1. The van der Waals surface area contributed by atoms with Crippen molar-refractivity contribution in [3.05, 3.63) is 69.8 Å². The summed E-state index contributed by atoms with van der Waals surface area (Å²) in [5.74, 6) is -0.467. The first-order chi connectivity index (χ1) is 11.1. The zero-order valence-corrected chi connectivity index (χ0v) is 12.0.